The number of carbonyl (C=O) groups is 1. The van der Waals surface area contributed by atoms with Crippen LogP contribution in [-0.2, 0) is 5.54 Å². The number of nitrogens with zero attached hydrogens (tertiary/aromatic N) is 2. The number of hydrogen-bond acceptors (Lipinski definition) is 2. The quantitative estimate of drug-likeness (QED) is 0.852. The van der Waals surface area contributed by atoms with Gasteiger partial charge in [-0.05, 0) is 69.8 Å². The Kier molecular flexibility index (Phi) is 5.27. The van der Waals surface area contributed by atoms with E-state index < -0.39 is 17.2 Å². The average Bonchev–Trinajstić information content (AvgIpc) is 3.13. The molecule has 3 rings (SSSR count). The van der Waals surface area contributed by atoms with Gasteiger partial charge >= 0.3 is 6.03 Å². The third-order valence-electron chi connectivity index (χ3n) is 5.50. The maximum Gasteiger partial charge on any atom is 0.317 e. The summed E-state index contributed by atoms with van der Waals surface area (Å²) in [6.07, 6.45) is 4.85. The summed E-state index contributed by atoms with van der Waals surface area (Å²) in [7, 11) is 1.77. The molecule has 1 aliphatic heterocycles. The van der Waals surface area contributed by atoms with Gasteiger partial charge in [0.15, 0.2) is 0 Å². The summed E-state index contributed by atoms with van der Waals surface area (Å²) in [5.74, 6) is -1.22. The molecule has 0 unspecified atom stereocenters. The minimum absolute atomic E-state index is 0.184. The number of urea groups is 1. The predicted octanol–water partition coefficient (Wildman–Crippen LogP) is 3.47. The Labute approximate surface area is 148 Å². The summed E-state index contributed by atoms with van der Waals surface area (Å²) in [5, 5.41) is 2.97. The van der Waals surface area contributed by atoms with E-state index in [2.05, 4.69) is 17.1 Å². The normalized spacial score (nSPS) is 20.3. The summed E-state index contributed by atoms with van der Waals surface area (Å²) in [4.78, 5) is 16.6. The number of halogens is 2. The highest BCUT2D eigenvalue weighted by atomic mass is 19.1. The molecule has 0 bridgehead atoms. The summed E-state index contributed by atoms with van der Waals surface area (Å²) in [5.41, 5.74) is -0.105. The second-order valence-corrected chi connectivity index (χ2v) is 7.47. The molecule has 1 saturated carbocycles. The van der Waals surface area contributed by atoms with Gasteiger partial charge in [-0.2, -0.15) is 0 Å². The Bertz CT molecular complexity index is 607. The van der Waals surface area contributed by atoms with Gasteiger partial charge in [-0.1, -0.05) is 0 Å². The van der Waals surface area contributed by atoms with E-state index in [0.29, 0.717) is 31.0 Å². The Morgan fingerprint density at radius 1 is 1.24 bits per heavy atom. The van der Waals surface area contributed by atoms with Crippen LogP contribution in [-0.4, -0.2) is 48.6 Å². The number of amides is 2. The number of carbonyl (C=O) groups excluding carboxylic acids is 1. The van der Waals surface area contributed by atoms with E-state index in [1.165, 1.54) is 25.0 Å². The summed E-state index contributed by atoms with van der Waals surface area (Å²) < 4.78 is 26.9. The highest BCUT2D eigenvalue weighted by Crippen LogP contribution is 2.46. The van der Waals surface area contributed by atoms with Gasteiger partial charge in [0.05, 0.1) is 5.54 Å². The van der Waals surface area contributed by atoms with Crippen LogP contribution in [0, 0.1) is 11.6 Å². The van der Waals surface area contributed by atoms with Crippen LogP contribution in [0.3, 0.4) is 0 Å². The smallest absolute Gasteiger partial charge is 0.317 e. The average molecular weight is 351 g/mol. The molecule has 138 valence electrons. The summed E-state index contributed by atoms with van der Waals surface area (Å²) >= 11 is 0. The van der Waals surface area contributed by atoms with Crippen molar-refractivity contribution in [2.75, 3.05) is 26.7 Å². The molecule has 2 amide bonds. The molecule has 25 heavy (non-hydrogen) atoms. The molecule has 2 aliphatic rings. The molecule has 0 spiro atoms. The minimum atomic E-state index is -0.616. The van der Waals surface area contributed by atoms with Crippen molar-refractivity contribution in [3.8, 4) is 0 Å². The van der Waals surface area contributed by atoms with Crippen molar-refractivity contribution < 1.29 is 13.6 Å². The number of rotatable bonds is 6. The molecule has 1 aliphatic carbocycles. The van der Waals surface area contributed by atoms with Crippen LogP contribution in [0.5, 0.6) is 0 Å². The predicted molar refractivity (Wildman–Crippen MR) is 93.3 cm³/mol. The molecular weight excluding hydrogens is 324 g/mol. The number of benzene rings is 1. The Balaban J connectivity index is 1.54. The lowest BCUT2D eigenvalue weighted by Crippen LogP contribution is -2.44. The molecule has 1 heterocycles. The van der Waals surface area contributed by atoms with Crippen molar-refractivity contribution in [2.24, 2.45) is 0 Å². The van der Waals surface area contributed by atoms with Crippen molar-refractivity contribution in [3.05, 3.63) is 35.4 Å². The van der Waals surface area contributed by atoms with Crippen LogP contribution in [0.1, 0.15) is 44.6 Å². The van der Waals surface area contributed by atoms with Crippen molar-refractivity contribution in [1.82, 2.24) is 15.1 Å². The Morgan fingerprint density at radius 2 is 1.84 bits per heavy atom. The van der Waals surface area contributed by atoms with Gasteiger partial charge in [-0.3, -0.25) is 0 Å². The molecule has 6 heteroatoms. The molecule has 1 saturated heterocycles. The molecule has 2 fully saturated rings. The fourth-order valence-corrected chi connectivity index (χ4v) is 3.59. The van der Waals surface area contributed by atoms with Crippen molar-refractivity contribution in [2.45, 2.75) is 50.6 Å². The van der Waals surface area contributed by atoms with Gasteiger partial charge in [0, 0.05) is 25.7 Å². The number of hydrogen-bond donors (Lipinski definition) is 1. The zero-order chi connectivity index (χ0) is 18.0. The highest BCUT2D eigenvalue weighted by Gasteiger charge is 2.46. The zero-order valence-corrected chi connectivity index (χ0v) is 15.0. The first-order valence-corrected chi connectivity index (χ1v) is 9.13. The molecule has 1 N–H and O–H groups in total. The van der Waals surface area contributed by atoms with E-state index >= 15 is 0 Å². The largest absolute Gasteiger partial charge is 0.328 e. The third kappa shape index (κ3) is 4.29. The van der Waals surface area contributed by atoms with Gasteiger partial charge in [-0.15, -0.1) is 0 Å². The zero-order valence-electron chi connectivity index (χ0n) is 15.0. The van der Waals surface area contributed by atoms with Crippen LogP contribution in [0.15, 0.2) is 18.2 Å². The first-order valence-electron chi connectivity index (χ1n) is 9.13. The lowest BCUT2D eigenvalue weighted by Gasteiger charge is -2.28. The molecule has 1 atom stereocenters. The maximum atomic E-state index is 13.5. The van der Waals surface area contributed by atoms with Crippen LogP contribution in [0.2, 0.25) is 0 Å². The standard InChI is InChI=1S/C19H27F2N3O/c1-14(24-8-3-4-9-24)5-10-23(2)18(25)22-19(6-7-19)15-11-16(20)13-17(21)12-15/h11-14H,3-10H2,1-2H3,(H,22,25)/t14-/m1/s1. The van der Waals surface area contributed by atoms with E-state index in [-0.39, 0.29) is 6.03 Å². The second-order valence-electron chi connectivity index (χ2n) is 7.47. The Hall–Kier alpha value is -1.69. The highest BCUT2D eigenvalue weighted by molar-refractivity contribution is 5.75. The van der Waals surface area contributed by atoms with Crippen LogP contribution >= 0.6 is 0 Å². The van der Waals surface area contributed by atoms with E-state index in [0.717, 1.165) is 25.6 Å². The van der Waals surface area contributed by atoms with E-state index in [1.807, 2.05) is 0 Å². The fourth-order valence-electron chi connectivity index (χ4n) is 3.59. The Morgan fingerprint density at radius 3 is 2.40 bits per heavy atom. The molecule has 1 aromatic rings. The van der Waals surface area contributed by atoms with Crippen molar-refractivity contribution in [3.63, 3.8) is 0 Å². The minimum Gasteiger partial charge on any atom is -0.328 e. The monoisotopic (exact) mass is 351 g/mol. The SMILES string of the molecule is C[C@H](CCN(C)C(=O)NC1(c2cc(F)cc(F)c2)CC1)N1CCCC1. The van der Waals surface area contributed by atoms with E-state index in [4.69, 9.17) is 0 Å². The first kappa shape index (κ1) is 18.1. The van der Waals surface area contributed by atoms with Gasteiger partial charge in [-0.25, -0.2) is 13.6 Å². The molecule has 0 radical (unpaired) electrons. The summed E-state index contributed by atoms with van der Waals surface area (Å²) in [6, 6.07) is 3.76. The molecule has 0 aromatic heterocycles. The van der Waals surface area contributed by atoms with Crippen molar-refractivity contribution in [1.29, 1.82) is 0 Å². The topological polar surface area (TPSA) is 35.6 Å². The molecular formula is C19H27F2N3O. The third-order valence-corrected chi connectivity index (χ3v) is 5.50. The van der Waals surface area contributed by atoms with E-state index in [1.54, 1.807) is 11.9 Å². The van der Waals surface area contributed by atoms with Gasteiger partial charge in [0.25, 0.3) is 0 Å². The van der Waals surface area contributed by atoms with Crippen LogP contribution in [0.25, 0.3) is 0 Å². The first-order chi connectivity index (χ1) is 11.9. The van der Waals surface area contributed by atoms with Crippen LogP contribution in [0.4, 0.5) is 13.6 Å². The van der Waals surface area contributed by atoms with Crippen LogP contribution < -0.4 is 5.32 Å². The fraction of sp³-hybridized carbons (Fsp3) is 0.632. The van der Waals surface area contributed by atoms with Gasteiger partial charge < -0.3 is 15.1 Å². The lowest BCUT2D eigenvalue weighted by molar-refractivity contribution is 0.190. The van der Waals surface area contributed by atoms with Gasteiger partial charge in [0.2, 0.25) is 0 Å². The van der Waals surface area contributed by atoms with Gasteiger partial charge in [0.1, 0.15) is 11.6 Å². The van der Waals surface area contributed by atoms with E-state index in [9.17, 15) is 13.6 Å². The second kappa shape index (κ2) is 7.28. The maximum absolute atomic E-state index is 13.5. The number of nitrogens with one attached hydrogen (secondary N) is 1. The molecule has 1 aromatic carbocycles. The number of likely N-dealkylation sites (tertiary alicyclic amines) is 1. The molecule has 4 nitrogen and oxygen atoms in total. The van der Waals surface area contributed by atoms with Crippen molar-refractivity contribution >= 4 is 6.03 Å². The lowest BCUT2D eigenvalue weighted by atomic mass is 10.0. The summed E-state index contributed by atoms with van der Waals surface area (Å²) in [6.45, 7) is 5.16.